The van der Waals surface area contributed by atoms with E-state index in [0.29, 0.717) is 27.8 Å². The molecular formula is C31H20ClF2N5O3. The van der Waals surface area contributed by atoms with Crippen LogP contribution < -0.4 is 10.5 Å². The second kappa shape index (κ2) is 10.3. The average molecular weight is 584 g/mol. The number of rotatable bonds is 6. The van der Waals surface area contributed by atoms with Gasteiger partial charge in [-0.15, -0.1) is 0 Å². The van der Waals surface area contributed by atoms with Crippen molar-refractivity contribution < 1.29 is 23.1 Å². The van der Waals surface area contributed by atoms with Gasteiger partial charge >= 0.3 is 0 Å². The predicted molar refractivity (Wildman–Crippen MR) is 151 cm³/mol. The molecule has 0 spiro atoms. The summed E-state index contributed by atoms with van der Waals surface area (Å²) < 4.78 is 34.3. The summed E-state index contributed by atoms with van der Waals surface area (Å²) in [5.74, 6) is -1.98. The predicted octanol–water partition coefficient (Wildman–Crippen LogP) is 5.89. The van der Waals surface area contributed by atoms with E-state index in [0.717, 1.165) is 17.7 Å². The van der Waals surface area contributed by atoms with Crippen LogP contribution in [0.1, 0.15) is 49.1 Å². The maximum absolute atomic E-state index is 14.7. The van der Waals surface area contributed by atoms with Gasteiger partial charge in [0.2, 0.25) is 5.91 Å². The van der Waals surface area contributed by atoms with Crippen LogP contribution in [0.2, 0.25) is 5.02 Å². The third-order valence-electron chi connectivity index (χ3n) is 7.37. The maximum Gasteiger partial charge on any atom is 0.257 e. The molecular weight excluding hydrogens is 564 g/mol. The summed E-state index contributed by atoms with van der Waals surface area (Å²) in [6, 6.07) is 17.1. The van der Waals surface area contributed by atoms with Gasteiger partial charge in [-0.3, -0.25) is 14.7 Å². The number of benzene rings is 4. The van der Waals surface area contributed by atoms with Crippen LogP contribution in [0.5, 0.6) is 5.75 Å². The first-order chi connectivity index (χ1) is 20.2. The van der Waals surface area contributed by atoms with E-state index in [-0.39, 0.29) is 39.5 Å². The number of nitrogens with two attached hydrogens (primary N) is 1. The number of carbonyl (C=O) groups excluding carboxylic acids is 2. The van der Waals surface area contributed by atoms with Crippen molar-refractivity contribution in [3.63, 3.8) is 0 Å². The van der Waals surface area contributed by atoms with Crippen LogP contribution in [0, 0.1) is 23.0 Å². The number of halogens is 3. The molecule has 0 saturated heterocycles. The summed E-state index contributed by atoms with van der Waals surface area (Å²) in [6.07, 6.45) is 0. The van der Waals surface area contributed by atoms with Crippen molar-refractivity contribution in [2.24, 2.45) is 5.73 Å². The van der Waals surface area contributed by atoms with Crippen LogP contribution in [-0.2, 0) is 6.54 Å². The lowest BCUT2D eigenvalue weighted by molar-refractivity contribution is 0.0736. The second-order valence-electron chi connectivity index (χ2n) is 9.72. The van der Waals surface area contributed by atoms with E-state index in [4.69, 9.17) is 22.1 Å². The van der Waals surface area contributed by atoms with E-state index in [2.05, 4.69) is 10.2 Å². The Balaban J connectivity index is 1.69. The van der Waals surface area contributed by atoms with Crippen LogP contribution >= 0.6 is 11.6 Å². The summed E-state index contributed by atoms with van der Waals surface area (Å²) in [5, 5.41) is 17.1. The number of hydrogen-bond donors (Lipinski definition) is 2. The molecule has 6 rings (SSSR count). The third kappa shape index (κ3) is 4.31. The van der Waals surface area contributed by atoms with Gasteiger partial charge in [0, 0.05) is 33.6 Å². The van der Waals surface area contributed by atoms with E-state index in [9.17, 15) is 23.6 Å². The Morgan fingerprint density at radius 3 is 2.50 bits per heavy atom. The third-order valence-corrected chi connectivity index (χ3v) is 7.71. The van der Waals surface area contributed by atoms with Crippen LogP contribution in [0.15, 0.2) is 66.7 Å². The molecule has 0 saturated carbocycles. The highest BCUT2D eigenvalue weighted by Crippen LogP contribution is 2.49. The van der Waals surface area contributed by atoms with Crippen molar-refractivity contribution in [1.29, 1.82) is 5.26 Å². The van der Waals surface area contributed by atoms with Gasteiger partial charge in [-0.1, -0.05) is 29.8 Å². The number of ether oxygens (including phenoxy) is 1. The Morgan fingerprint density at radius 1 is 1.10 bits per heavy atom. The van der Waals surface area contributed by atoms with Crippen molar-refractivity contribution in [3.8, 4) is 22.9 Å². The van der Waals surface area contributed by atoms with E-state index < -0.39 is 29.5 Å². The first-order valence-electron chi connectivity index (χ1n) is 12.7. The molecule has 4 aromatic carbocycles. The molecule has 1 aliphatic heterocycles. The van der Waals surface area contributed by atoms with E-state index in [1.807, 2.05) is 6.07 Å². The Hall–Kier alpha value is -5.27. The lowest BCUT2D eigenvalue weighted by Gasteiger charge is -2.28. The van der Waals surface area contributed by atoms with Gasteiger partial charge in [0.1, 0.15) is 23.5 Å². The van der Waals surface area contributed by atoms with Crippen molar-refractivity contribution in [3.05, 3.63) is 117 Å². The van der Waals surface area contributed by atoms with E-state index >= 15 is 0 Å². The molecule has 42 heavy (non-hydrogen) atoms. The Kier molecular flexibility index (Phi) is 6.59. The van der Waals surface area contributed by atoms with Gasteiger partial charge in [0.05, 0.1) is 24.2 Å². The molecule has 3 N–H and O–H groups in total. The number of nitrogens with zero attached hydrogens (tertiary/aromatic N) is 3. The molecule has 208 valence electrons. The number of aromatic nitrogens is 2. The molecule has 1 aliphatic rings. The molecule has 1 atom stereocenters. The summed E-state index contributed by atoms with van der Waals surface area (Å²) in [7, 11) is 1.54. The molecule has 0 fully saturated rings. The summed E-state index contributed by atoms with van der Waals surface area (Å²) in [4.78, 5) is 28.4. The highest BCUT2D eigenvalue weighted by atomic mass is 35.5. The Bertz CT molecular complexity index is 1970. The van der Waals surface area contributed by atoms with Crippen LogP contribution in [0.3, 0.4) is 0 Å². The lowest BCUT2D eigenvalue weighted by atomic mass is 9.86. The minimum absolute atomic E-state index is 0.0125. The number of nitrogens with one attached hydrogen (secondary N) is 1. The van der Waals surface area contributed by atoms with E-state index in [1.165, 1.54) is 29.2 Å². The highest BCUT2D eigenvalue weighted by Gasteiger charge is 2.43. The lowest BCUT2D eigenvalue weighted by Crippen LogP contribution is -2.28. The monoisotopic (exact) mass is 583 g/mol. The van der Waals surface area contributed by atoms with Gasteiger partial charge < -0.3 is 15.4 Å². The second-order valence-corrected chi connectivity index (χ2v) is 10.1. The van der Waals surface area contributed by atoms with Crippen LogP contribution in [0.25, 0.3) is 22.0 Å². The first kappa shape index (κ1) is 26.9. The molecule has 1 unspecified atom stereocenters. The highest BCUT2D eigenvalue weighted by molar-refractivity contribution is 6.31. The smallest absolute Gasteiger partial charge is 0.257 e. The van der Waals surface area contributed by atoms with E-state index in [1.54, 1.807) is 37.4 Å². The fourth-order valence-corrected chi connectivity index (χ4v) is 5.72. The topological polar surface area (TPSA) is 125 Å². The molecule has 1 aromatic heterocycles. The molecule has 8 nitrogen and oxygen atoms in total. The quantitative estimate of drug-likeness (QED) is 0.258. The van der Waals surface area contributed by atoms with Crippen LogP contribution in [0.4, 0.5) is 8.78 Å². The maximum atomic E-state index is 14.7. The number of primary amides is 1. The molecule has 0 radical (unpaired) electrons. The molecule has 2 heterocycles. The zero-order chi connectivity index (χ0) is 29.7. The number of aromatic amines is 1. The number of methoxy groups -OCH3 is 1. The minimum atomic E-state index is -0.947. The normalized spacial score (nSPS) is 14.2. The SMILES string of the molecule is COc1ccc(CN2C(=O)c3c(c(-c4ccc(F)cc4C(N)=O)cc4c(C#N)n[nH]c34)C2c2cc(F)ccc2Cl)cc1. The minimum Gasteiger partial charge on any atom is -0.497 e. The summed E-state index contributed by atoms with van der Waals surface area (Å²) in [6.45, 7) is 0.0846. The number of nitriles is 1. The number of H-pyrrole nitrogens is 1. The van der Waals surface area contributed by atoms with Gasteiger partial charge in [0.15, 0.2) is 5.69 Å². The summed E-state index contributed by atoms with van der Waals surface area (Å²) >= 11 is 6.64. The van der Waals surface area contributed by atoms with Gasteiger partial charge in [-0.25, -0.2) is 8.78 Å². The Morgan fingerprint density at radius 2 is 1.81 bits per heavy atom. The molecule has 2 amide bonds. The standard InChI is InChI=1S/C31H20ClF2N5O3/c1-42-18-6-2-15(3-7-18)14-39-29(22-11-17(34)5-9-24(22)32)26-20(19-8-4-16(33)10-21(19)30(36)40)12-23-25(13-35)37-38-28(23)27(26)31(39)41/h2-12,29H,14H2,1H3,(H2,36,40)(H,37,38). The number of amides is 2. The van der Waals surface area contributed by atoms with Crippen molar-refractivity contribution in [1.82, 2.24) is 15.1 Å². The summed E-state index contributed by atoms with van der Waals surface area (Å²) in [5.41, 5.74) is 7.93. The molecule has 0 aliphatic carbocycles. The number of carbonyl (C=O) groups is 2. The van der Waals surface area contributed by atoms with Gasteiger partial charge in [-0.2, -0.15) is 10.4 Å². The van der Waals surface area contributed by atoms with Gasteiger partial charge in [0.25, 0.3) is 5.91 Å². The number of hydrogen-bond acceptors (Lipinski definition) is 5. The largest absolute Gasteiger partial charge is 0.497 e. The molecule has 11 heteroatoms. The van der Waals surface area contributed by atoms with Gasteiger partial charge in [-0.05, 0) is 65.2 Å². The fraction of sp³-hybridized carbons (Fsp3) is 0.0968. The number of fused-ring (bicyclic) bond motifs is 3. The van der Waals surface area contributed by atoms with Crippen molar-refractivity contribution >= 4 is 34.3 Å². The zero-order valence-electron chi connectivity index (χ0n) is 21.9. The fourth-order valence-electron chi connectivity index (χ4n) is 5.50. The molecule has 0 bridgehead atoms. The molecule has 5 aromatic rings. The average Bonchev–Trinajstić information content (AvgIpc) is 3.52. The zero-order valence-corrected chi connectivity index (χ0v) is 22.7. The van der Waals surface area contributed by atoms with Crippen LogP contribution in [-0.4, -0.2) is 34.0 Å². The Labute approximate surface area is 242 Å². The van der Waals surface area contributed by atoms with Crippen molar-refractivity contribution in [2.75, 3.05) is 7.11 Å². The van der Waals surface area contributed by atoms with Crippen molar-refractivity contribution in [2.45, 2.75) is 12.6 Å². The first-order valence-corrected chi connectivity index (χ1v) is 13.0.